The van der Waals surface area contributed by atoms with E-state index in [0.29, 0.717) is 11.0 Å². The van der Waals surface area contributed by atoms with E-state index in [1.54, 1.807) is 11.1 Å². The van der Waals surface area contributed by atoms with Crippen LogP contribution in [0.4, 0.5) is 4.79 Å². The number of aromatic nitrogens is 2. The van der Waals surface area contributed by atoms with E-state index in [9.17, 15) is 9.90 Å². The molecule has 1 aliphatic carbocycles. The number of nitrogens with zero attached hydrogens (tertiary/aromatic N) is 4. The Balaban J connectivity index is 2.05. The molecule has 1 amide bonds. The van der Waals surface area contributed by atoms with Crippen LogP contribution >= 0.6 is 11.6 Å². The first-order valence-corrected chi connectivity index (χ1v) is 12.8. The van der Waals surface area contributed by atoms with E-state index in [0.717, 1.165) is 62.6 Å². The van der Waals surface area contributed by atoms with Crippen LogP contribution in [0.2, 0.25) is 0 Å². The SMILES string of the molecule is CCC/C=C(\Cl)N=C(c1cnn(C2CCC(CO)O2)c1C)N(C(=O)OC(C)(C)C)C1CCCC1. The van der Waals surface area contributed by atoms with Gasteiger partial charge in [-0.1, -0.05) is 37.8 Å². The average molecular weight is 495 g/mol. The van der Waals surface area contributed by atoms with E-state index in [-0.39, 0.29) is 25.0 Å². The number of hydrogen-bond acceptors (Lipinski definition) is 6. The number of rotatable bonds is 7. The predicted molar refractivity (Wildman–Crippen MR) is 133 cm³/mol. The number of ether oxygens (including phenoxy) is 2. The van der Waals surface area contributed by atoms with Gasteiger partial charge in [-0.3, -0.25) is 4.90 Å². The predicted octanol–water partition coefficient (Wildman–Crippen LogP) is 5.67. The maximum absolute atomic E-state index is 13.5. The molecular formula is C25H39ClN4O4. The molecule has 2 heterocycles. The Morgan fingerprint density at radius 3 is 2.65 bits per heavy atom. The van der Waals surface area contributed by atoms with Gasteiger partial charge in [-0.05, 0) is 65.9 Å². The van der Waals surface area contributed by atoms with Crippen molar-refractivity contribution in [3.63, 3.8) is 0 Å². The van der Waals surface area contributed by atoms with Crippen molar-refractivity contribution in [2.75, 3.05) is 6.61 Å². The first kappa shape index (κ1) is 26.7. The number of aliphatic imine (C=N–C) groups is 1. The van der Waals surface area contributed by atoms with Crippen LogP contribution in [0.25, 0.3) is 0 Å². The number of hydrogen-bond donors (Lipinski definition) is 1. The minimum absolute atomic E-state index is 0.0116. The third-order valence-electron chi connectivity index (χ3n) is 6.17. The minimum atomic E-state index is -0.642. The second-order valence-electron chi connectivity index (χ2n) is 10.1. The maximum Gasteiger partial charge on any atom is 0.416 e. The lowest BCUT2D eigenvalue weighted by atomic mass is 10.1. The van der Waals surface area contributed by atoms with Gasteiger partial charge in [0.1, 0.15) is 10.8 Å². The van der Waals surface area contributed by atoms with Crippen molar-refractivity contribution < 1.29 is 19.4 Å². The van der Waals surface area contributed by atoms with Crippen LogP contribution in [0.3, 0.4) is 0 Å². The van der Waals surface area contributed by atoms with Crippen molar-refractivity contribution in [1.29, 1.82) is 0 Å². The van der Waals surface area contributed by atoms with Gasteiger partial charge in [0.25, 0.3) is 0 Å². The van der Waals surface area contributed by atoms with Crippen LogP contribution in [0.1, 0.15) is 96.5 Å². The van der Waals surface area contributed by atoms with Gasteiger partial charge in [-0.2, -0.15) is 5.10 Å². The summed E-state index contributed by atoms with van der Waals surface area (Å²) in [6, 6.07) is -0.0199. The highest BCUT2D eigenvalue weighted by atomic mass is 35.5. The Morgan fingerprint density at radius 2 is 2.06 bits per heavy atom. The zero-order valence-corrected chi connectivity index (χ0v) is 21.8. The average Bonchev–Trinajstić information content (AvgIpc) is 3.51. The van der Waals surface area contributed by atoms with E-state index in [4.69, 9.17) is 26.1 Å². The Hall–Kier alpha value is -1.90. The molecule has 1 saturated carbocycles. The Bertz CT molecular complexity index is 899. The van der Waals surface area contributed by atoms with E-state index in [2.05, 4.69) is 12.0 Å². The number of amides is 1. The number of amidine groups is 1. The molecule has 1 aliphatic heterocycles. The van der Waals surface area contributed by atoms with Crippen LogP contribution in [0, 0.1) is 6.92 Å². The van der Waals surface area contributed by atoms with E-state index in [1.807, 2.05) is 38.5 Å². The zero-order valence-electron chi connectivity index (χ0n) is 21.1. The summed E-state index contributed by atoms with van der Waals surface area (Å²) in [7, 11) is 0. The number of allylic oxidation sites excluding steroid dienone is 1. The van der Waals surface area contributed by atoms with Gasteiger partial charge in [-0.25, -0.2) is 14.5 Å². The summed E-state index contributed by atoms with van der Waals surface area (Å²) < 4.78 is 13.6. The summed E-state index contributed by atoms with van der Waals surface area (Å²) >= 11 is 6.53. The molecule has 1 aromatic heterocycles. The van der Waals surface area contributed by atoms with E-state index in [1.165, 1.54) is 0 Å². The molecule has 0 spiro atoms. The molecule has 0 radical (unpaired) electrons. The Morgan fingerprint density at radius 1 is 1.35 bits per heavy atom. The largest absolute Gasteiger partial charge is 0.443 e. The molecule has 2 aliphatic rings. The fourth-order valence-corrected chi connectivity index (χ4v) is 4.66. The molecule has 1 aromatic rings. The summed E-state index contributed by atoms with van der Waals surface area (Å²) in [5.41, 5.74) is 0.905. The quantitative estimate of drug-likeness (QED) is 0.299. The minimum Gasteiger partial charge on any atom is -0.443 e. The number of carbonyl (C=O) groups is 1. The lowest BCUT2D eigenvalue weighted by Gasteiger charge is -2.32. The molecule has 1 saturated heterocycles. The molecule has 190 valence electrons. The summed E-state index contributed by atoms with van der Waals surface area (Å²) in [4.78, 5) is 19.9. The van der Waals surface area contributed by atoms with Gasteiger partial charge in [0.15, 0.2) is 12.1 Å². The lowest BCUT2D eigenvalue weighted by Crippen LogP contribution is -2.46. The highest BCUT2D eigenvalue weighted by molar-refractivity contribution is 6.30. The molecule has 3 rings (SSSR count). The molecule has 8 nitrogen and oxygen atoms in total. The number of halogens is 1. The lowest BCUT2D eigenvalue weighted by molar-refractivity contribution is -0.0291. The van der Waals surface area contributed by atoms with E-state index >= 15 is 0 Å². The van der Waals surface area contributed by atoms with Gasteiger partial charge >= 0.3 is 6.09 Å². The maximum atomic E-state index is 13.5. The third-order valence-corrected chi connectivity index (χ3v) is 6.41. The van der Waals surface area contributed by atoms with Gasteiger partial charge in [0.05, 0.1) is 24.5 Å². The van der Waals surface area contributed by atoms with Crippen LogP contribution in [-0.4, -0.2) is 56.1 Å². The molecule has 2 unspecified atom stereocenters. The van der Waals surface area contributed by atoms with Gasteiger partial charge < -0.3 is 14.6 Å². The van der Waals surface area contributed by atoms with Gasteiger partial charge in [-0.15, -0.1) is 0 Å². The van der Waals surface area contributed by atoms with E-state index < -0.39 is 11.7 Å². The zero-order chi connectivity index (χ0) is 24.9. The molecule has 0 aromatic carbocycles. The first-order valence-electron chi connectivity index (χ1n) is 12.4. The number of carbonyl (C=O) groups excluding carboxylic acids is 1. The molecule has 0 bridgehead atoms. The third kappa shape index (κ3) is 6.61. The molecule has 2 fully saturated rings. The molecular weight excluding hydrogens is 456 g/mol. The van der Waals surface area contributed by atoms with Crippen molar-refractivity contribution in [2.24, 2.45) is 4.99 Å². The Kier molecular flexibility index (Phi) is 9.18. The highest BCUT2D eigenvalue weighted by Gasteiger charge is 2.37. The summed E-state index contributed by atoms with van der Waals surface area (Å²) in [6.07, 6.45) is 9.84. The van der Waals surface area contributed by atoms with Crippen LogP contribution in [0.15, 0.2) is 22.4 Å². The second-order valence-corrected chi connectivity index (χ2v) is 10.5. The van der Waals surface area contributed by atoms with Crippen molar-refractivity contribution in [3.05, 3.63) is 28.7 Å². The number of aliphatic hydroxyl groups is 1. The summed E-state index contributed by atoms with van der Waals surface area (Å²) in [5.74, 6) is 0.457. The Labute approximate surface area is 208 Å². The first-order chi connectivity index (χ1) is 16.1. The van der Waals surface area contributed by atoms with Crippen molar-refractivity contribution in [1.82, 2.24) is 14.7 Å². The molecule has 34 heavy (non-hydrogen) atoms. The molecule has 2 atom stereocenters. The topological polar surface area (TPSA) is 89.2 Å². The molecule has 1 N–H and O–H groups in total. The van der Waals surface area contributed by atoms with Crippen molar-refractivity contribution in [3.8, 4) is 0 Å². The standard InChI is InChI=1S/C25H39ClN4O4/c1-6-7-12-21(26)28-23(29(18-10-8-9-11-18)24(32)34-25(3,4)5)20-15-27-30(17(20)2)22-14-13-19(16-31)33-22/h12,15,18-19,22,31H,6-11,13-14,16H2,1-5H3/b21-12+,28-23?. The van der Waals surface area contributed by atoms with Crippen molar-refractivity contribution >= 4 is 23.5 Å². The van der Waals surface area contributed by atoms with Gasteiger partial charge in [0.2, 0.25) is 0 Å². The monoisotopic (exact) mass is 494 g/mol. The van der Waals surface area contributed by atoms with Gasteiger partial charge in [0, 0.05) is 11.7 Å². The fraction of sp³-hybridized carbons (Fsp3) is 0.720. The van der Waals surface area contributed by atoms with Crippen LogP contribution < -0.4 is 0 Å². The highest BCUT2D eigenvalue weighted by Crippen LogP contribution is 2.32. The smallest absolute Gasteiger partial charge is 0.416 e. The number of unbranched alkanes of at least 4 members (excludes halogenated alkanes) is 1. The van der Waals surface area contributed by atoms with Crippen LogP contribution in [-0.2, 0) is 9.47 Å². The van der Waals surface area contributed by atoms with Crippen LogP contribution in [0.5, 0.6) is 0 Å². The summed E-state index contributed by atoms with van der Waals surface area (Å²) in [5, 5.41) is 14.4. The fourth-order valence-electron chi connectivity index (χ4n) is 4.47. The second kappa shape index (κ2) is 11.7. The molecule has 9 heteroatoms. The normalized spacial score (nSPS) is 22.4. The van der Waals surface area contributed by atoms with Crippen molar-refractivity contribution in [2.45, 2.75) is 110 Å². The summed E-state index contributed by atoms with van der Waals surface area (Å²) in [6.45, 7) is 9.59. The number of aliphatic hydroxyl groups excluding tert-OH is 1.